The molecule has 1 N–H and O–H groups in total. The number of carbonyl (C=O) groups is 1. The summed E-state index contributed by atoms with van der Waals surface area (Å²) in [6.45, 7) is 4.65. The zero-order valence-corrected chi connectivity index (χ0v) is 15.6. The zero-order chi connectivity index (χ0) is 17.6. The monoisotopic (exact) mass is 359 g/mol. The maximum absolute atomic E-state index is 12.4. The molecular formula is C18H25N5OS. The molecule has 1 aliphatic rings. The molecule has 1 heterocycles. The van der Waals surface area contributed by atoms with Crippen LogP contribution in [-0.4, -0.2) is 37.9 Å². The molecule has 3 rings (SSSR count). The summed E-state index contributed by atoms with van der Waals surface area (Å²) < 4.78 is 1.90. The number of hydrogen-bond acceptors (Lipinski definition) is 5. The van der Waals surface area contributed by atoms with E-state index in [2.05, 4.69) is 39.9 Å². The molecule has 0 saturated heterocycles. The first-order valence-corrected chi connectivity index (χ1v) is 9.80. The Bertz CT molecular complexity index is 684. The first-order chi connectivity index (χ1) is 12.1. The summed E-state index contributed by atoms with van der Waals surface area (Å²) in [5.74, 6) is 0.305. The number of amides is 1. The number of hydrogen-bond donors (Lipinski definition) is 1. The minimum atomic E-state index is -0.228. The van der Waals surface area contributed by atoms with Crippen molar-refractivity contribution in [3.05, 3.63) is 35.9 Å². The lowest BCUT2D eigenvalue weighted by Gasteiger charge is -2.16. The SMILES string of the molecule is CC(Sc1nnnn1C1CCCC1)C(=O)NCC(C)c1ccccc1. The van der Waals surface area contributed by atoms with Gasteiger partial charge < -0.3 is 5.32 Å². The highest BCUT2D eigenvalue weighted by Gasteiger charge is 2.24. The third-order valence-corrected chi connectivity index (χ3v) is 5.78. The maximum Gasteiger partial charge on any atom is 0.233 e. The summed E-state index contributed by atoms with van der Waals surface area (Å²) in [7, 11) is 0. The van der Waals surface area contributed by atoms with Crippen LogP contribution in [0.2, 0.25) is 0 Å². The standard InChI is InChI=1S/C18H25N5OS/c1-13(15-8-4-3-5-9-15)12-19-17(24)14(2)25-18-20-21-22-23(18)16-10-6-7-11-16/h3-5,8-9,13-14,16H,6-7,10-12H2,1-2H3,(H,19,24). The van der Waals surface area contributed by atoms with Crippen LogP contribution in [0.5, 0.6) is 0 Å². The van der Waals surface area contributed by atoms with Gasteiger partial charge in [-0.05, 0) is 41.7 Å². The number of nitrogens with one attached hydrogen (secondary N) is 1. The van der Waals surface area contributed by atoms with Crippen LogP contribution in [0.4, 0.5) is 0 Å². The Morgan fingerprint density at radius 2 is 2.00 bits per heavy atom. The zero-order valence-electron chi connectivity index (χ0n) is 14.8. The molecule has 25 heavy (non-hydrogen) atoms. The Labute approximate surface area is 152 Å². The molecule has 1 saturated carbocycles. The quantitative estimate of drug-likeness (QED) is 0.769. The molecule has 0 bridgehead atoms. The Balaban J connectivity index is 1.52. The van der Waals surface area contributed by atoms with Crippen LogP contribution in [0.1, 0.15) is 57.1 Å². The highest BCUT2D eigenvalue weighted by Crippen LogP contribution is 2.32. The minimum Gasteiger partial charge on any atom is -0.355 e. The molecule has 2 atom stereocenters. The Hall–Kier alpha value is -1.89. The predicted molar refractivity (Wildman–Crippen MR) is 98.5 cm³/mol. The van der Waals surface area contributed by atoms with E-state index in [1.807, 2.05) is 29.8 Å². The third kappa shape index (κ3) is 4.60. The summed E-state index contributed by atoms with van der Waals surface area (Å²) in [5.41, 5.74) is 1.23. The lowest BCUT2D eigenvalue weighted by atomic mass is 10.0. The summed E-state index contributed by atoms with van der Waals surface area (Å²) >= 11 is 1.43. The smallest absolute Gasteiger partial charge is 0.233 e. The van der Waals surface area contributed by atoms with Gasteiger partial charge in [0.15, 0.2) is 0 Å². The molecule has 2 aromatic rings. The van der Waals surface area contributed by atoms with Gasteiger partial charge in [-0.2, -0.15) is 0 Å². The molecule has 134 valence electrons. The van der Waals surface area contributed by atoms with Gasteiger partial charge in [-0.1, -0.05) is 61.9 Å². The van der Waals surface area contributed by atoms with Crippen molar-refractivity contribution >= 4 is 17.7 Å². The van der Waals surface area contributed by atoms with Gasteiger partial charge in [0.25, 0.3) is 0 Å². The molecule has 0 aliphatic heterocycles. The van der Waals surface area contributed by atoms with E-state index in [0.717, 1.165) is 18.0 Å². The van der Waals surface area contributed by atoms with Crippen molar-refractivity contribution in [1.29, 1.82) is 0 Å². The van der Waals surface area contributed by atoms with Crippen LogP contribution in [-0.2, 0) is 4.79 Å². The van der Waals surface area contributed by atoms with Gasteiger partial charge in [0.05, 0.1) is 11.3 Å². The predicted octanol–water partition coefficient (Wildman–Crippen LogP) is 3.19. The maximum atomic E-state index is 12.4. The van der Waals surface area contributed by atoms with Crippen molar-refractivity contribution in [2.75, 3.05) is 6.54 Å². The van der Waals surface area contributed by atoms with E-state index < -0.39 is 0 Å². The minimum absolute atomic E-state index is 0.0220. The number of carbonyl (C=O) groups excluding carboxylic acids is 1. The van der Waals surface area contributed by atoms with E-state index in [4.69, 9.17) is 0 Å². The summed E-state index contributed by atoms with van der Waals surface area (Å²) in [5, 5.41) is 15.6. The third-order valence-electron chi connectivity index (χ3n) is 4.74. The van der Waals surface area contributed by atoms with Gasteiger partial charge in [0, 0.05) is 6.54 Å². The Morgan fingerprint density at radius 3 is 2.72 bits per heavy atom. The van der Waals surface area contributed by atoms with E-state index in [9.17, 15) is 4.79 Å². The first kappa shape index (κ1) is 17.9. The average molecular weight is 359 g/mol. The molecule has 0 spiro atoms. The van der Waals surface area contributed by atoms with Gasteiger partial charge in [-0.3, -0.25) is 4.79 Å². The van der Waals surface area contributed by atoms with E-state index in [0.29, 0.717) is 12.6 Å². The van der Waals surface area contributed by atoms with Crippen molar-refractivity contribution in [2.45, 2.75) is 61.9 Å². The highest BCUT2D eigenvalue weighted by atomic mass is 32.2. The van der Waals surface area contributed by atoms with Crippen molar-refractivity contribution < 1.29 is 4.79 Å². The van der Waals surface area contributed by atoms with Crippen LogP contribution in [0, 0.1) is 0 Å². The van der Waals surface area contributed by atoms with Gasteiger partial charge in [-0.25, -0.2) is 4.68 Å². The van der Waals surface area contributed by atoms with E-state index in [-0.39, 0.29) is 17.1 Å². The van der Waals surface area contributed by atoms with Gasteiger partial charge in [0.2, 0.25) is 11.1 Å². The second kappa shape index (κ2) is 8.47. The molecule has 1 aliphatic carbocycles. The Morgan fingerprint density at radius 1 is 1.28 bits per heavy atom. The lowest BCUT2D eigenvalue weighted by Crippen LogP contribution is -2.33. The molecule has 0 radical (unpaired) electrons. The fourth-order valence-electron chi connectivity index (χ4n) is 3.15. The molecular weight excluding hydrogens is 334 g/mol. The fourth-order valence-corrected chi connectivity index (χ4v) is 4.03. The second-order valence-electron chi connectivity index (χ2n) is 6.66. The molecule has 1 amide bonds. The first-order valence-electron chi connectivity index (χ1n) is 8.92. The van der Waals surface area contributed by atoms with E-state index in [1.165, 1.54) is 30.2 Å². The van der Waals surface area contributed by atoms with Crippen molar-refractivity contribution in [3.63, 3.8) is 0 Å². The highest BCUT2D eigenvalue weighted by molar-refractivity contribution is 8.00. The van der Waals surface area contributed by atoms with Crippen LogP contribution in [0.15, 0.2) is 35.5 Å². The number of thioether (sulfide) groups is 1. The van der Waals surface area contributed by atoms with Crippen LogP contribution >= 0.6 is 11.8 Å². The lowest BCUT2D eigenvalue weighted by molar-refractivity contribution is -0.120. The number of tetrazole rings is 1. The summed E-state index contributed by atoms with van der Waals surface area (Å²) in [4.78, 5) is 12.4. The van der Waals surface area contributed by atoms with Crippen LogP contribution in [0.3, 0.4) is 0 Å². The average Bonchev–Trinajstić information content (AvgIpc) is 3.31. The molecule has 6 nitrogen and oxygen atoms in total. The Kier molecular flexibility index (Phi) is 6.07. The van der Waals surface area contributed by atoms with Crippen molar-refractivity contribution in [3.8, 4) is 0 Å². The normalized spacial score (nSPS) is 17.4. The topological polar surface area (TPSA) is 72.7 Å². The molecule has 1 aromatic carbocycles. The number of aromatic nitrogens is 4. The molecule has 1 aromatic heterocycles. The van der Waals surface area contributed by atoms with Crippen LogP contribution < -0.4 is 5.32 Å². The number of nitrogens with zero attached hydrogens (tertiary/aromatic N) is 4. The fraction of sp³-hybridized carbons (Fsp3) is 0.556. The second-order valence-corrected chi connectivity index (χ2v) is 7.97. The summed E-state index contributed by atoms with van der Waals surface area (Å²) in [6, 6.07) is 10.6. The van der Waals surface area contributed by atoms with E-state index >= 15 is 0 Å². The largest absolute Gasteiger partial charge is 0.355 e. The van der Waals surface area contributed by atoms with E-state index in [1.54, 1.807) is 0 Å². The molecule has 7 heteroatoms. The van der Waals surface area contributed by atoms with Crippen molar-refractivity contribution in [1.82, 2.24) is 25.5 Å². The number of rotatable bonds is 7. The number of benzene rings is 1. The molecule has 1 fully saturated rings. The van der Waals surface area contributed by atoms with Gasteiger partial charge in [-0.15, -0.1) is 5.10 Å². The van der Waals surface area contributed by atoms with Crippen molar-refractivity contribution in [2.24, 2.45) is 0 Å². The molecule has 2 unspecified atom stereocenters. The summed E-state index contributed by atoms with van der Waals surface area (Å²) in [6.07, 6.45) is 4.69. The van der Waals surface area contributed by atoms with Gasteiger partial charge >= 0.3 is 0 Å². The van der Waals surface area contributed by atoms with Gasteiger partial charge in [0.1, 0.15) is 0 Å². The van der Waals surface area contributed by atoms with Crippen LogP contribution in [0.25, 0.3) is 0 Å².